The number of rotatable bonds is 15. The largest absolute Gasteiger partial charge is 0.459 e. The van der Waals surface area contributed by atoms with Gasteiger partial charge in [0, 0.05) is 5.92 Å². The standard InChI is InChI=1S/C40H47N3O8/c1-7-8-22-34(44)51-43(36(26(4)5)37(45)42-35(25(2)3)39(47)49-23-28-16-10-9-11-17-28)38(46)27(6)41-40(48)50-24-33-31-20-14-12-18-29(31)30-19-13-15-21-32(30)33/h7,9-21,25-27,33,35-36H,1,8,22-24H2,2-6H3,(H,41,48)(H,42,45)/t27-,35-,36+/m0/s1. The topological polar surface area (TPSA) is 140 Å². The van der Waals surface area contributed by atoms with Crippen molar-refractivity contribution in [3.05, 3.63) is 108 Å². The number of esters is 1. The highest BCUT2D eigenvalue weighted by atomic mass is 16.7. The Bertz CT molecular complexity index is 1660. The summed E-state index contributed by atoms with van der Waals surface area (Å²) in [6, 6.07) is 21.3. The zero-order valence-corrected chi connectivity index (χ0v) is 29.8. The predicted molar refractivity (Wildman–Crippen MR) is 192 cm³/mol. The molecule has 3 atom stereocenters. The van der Waals surface area contributed by atoms with Crippen molar-refractivity contribution in [3.8, 4) is 11.1 Å². The maximum absolute atomic E-state index is 13.9. The lowest BCUT2D eigenvalue weighted by atomic mass is 9.98. The molecule has 3 aromatic rings. The third-order valence-corrected chi connectivity index (χ3v) is 8.61. The molecule has 51 heavy (non-hydrogen) atoms. The highest BCUT2D eigenvalue weighted by Crippen LogP contribution is 2.44. The highest BCUT2D eigenvalue weighted by molar-refractivity contribution is 5.93. The van der Waals surface area contributed by atoms with Gasteiger partial charge in [-0.3, -0.25) is 9.59 Å². The van der Waals surface area contributed by atoms with Crippen LogP contribution in [0.1, 0.15) is 70.1 Å². The van der Waals surface area contributed by atoms with Crippen LogP contribution in [0.2, 0.25) is 0 Å². The summed E-state index contributed by atoms with van der Waals surface area (Å²) in [5.41, 5.74) is 4.98. The van der Waals surface area contributed by atoms with E-state index in [-0.39, 0.29) is 37.9 Å². The molecular formula is C40H47N3O8. The van der Waals surface area contributed by atoms with Gasteiger partial charge in [-0.2, -0.15) is 5.06 Å². The third kappa shape index (κ3) is 9.84. The summed E-state index contributed by atoms with van der Waals surface area (Å²) in [5, 5.41) is 5.92. The number of alkyl carbamates (subject to hydrolysis) is 1. The number of amides is 3. The summed E-state index contributed by atoms with van der Waals surface area (Å²) < 4.78 is 11.1. The molecule has 4 rings (SSSR count). The molecule has 1 aliphatic carbocycles. The Hall–Kier alpha value is -5.45. The lowest BCUT2D eigenvalue weighted by Crippen LogP contribution is -2.59. The molecule has 0 saturated carbocycles. The average Bonchev–Trinajstić information content (AvgIpc) is 3.44. The van der Waals surface area contributed by atoms with Gasteiger partial charge in [0.25, 0.3) is 5.91 Å². The van der Waals surface area contributed by atoms with Gasteiger partial charge >= 0.3 is 18.0 Å². The number of hydroxylamine groups is 2. The molecule has 1 aliphatic rings. The quantitative estimate of drug-likeness (QED) is 0.111. The normalized spacial score (nSPS) is 13.6. The van der Waals surface area contributed by atoms with E-state index < -0.39 is 53.9 Å². The third-order valence-electron chi connectivity index (χ3n) is 8.61. The first-order chi connectivity index (χ1) is 24.4. The fraction of sp³-hybridized carbons (Fsp3) is 0.375. The van der Waals surface area contributed by atoms with E-state index >= 15 is 0 Å². The van der Waals surface area contributed by atoms with E-state index in [0.29, 0.717) is 5.06 Å². The second-order valence-electron chi connectivity index (χ2n) is 13.2. The molecule has 0 spiro atoms. The molecule has 11 nitrogen and oxygen atoms in total. The van der Waals surface area contributed by atoms with E-state index in [0.717, 1.165) is 27.8 Å². The number of ether oxygens (including phenoxy) is 2. The number of hydrogen-bond acceptors (Lipinski definition) is 8. The van der Waals surface area contributed by atoms with Gasteiger partial charge in [-0.1, -0.05) is 113 Å². The second-order valence-corrected chi connectivity index (χ2v) is 13.2. The van der Waals surface area contributed by atoms with Crippen molar-refractivity contribution in [2.45, 2.75) is 78.1 Å². The van der Waals surface area contributed by atoms with Gasteiger partial charge < -0.3 is 24.9 Å². The summed E-state index contributed by atoms with van der Waals surface area (Å²) in [6.07, 6.45) is 0.835. The zero-order valence-electron chi connectivity index (χ0n) is 29.8. The van der Waals surface area contributed by atoms with Crippen molar-refractivity contribution in [2.24, 2.45) is 11.8 Å². The first kappa shape index (κ1) is 38.4. The van der Waals surface area contributed by atoms with Gasteiger partial charge in [0.1, 0.15) is 25.3 Å². The minimum Gasteiger partial charge on any atom is -0.459 e. The maximum Gasteiger partial charge on any atom is 0.407 e. The number of carbonyl (C=O) groups is 5. The summed E-state index contributed by atoms with van der Waals surface area (Å²) in [6.45, 7) is 11.9. The Kier molecular flexibility index (Phi) is 13.5. The molecule has 11 heteroatoms. The van der Waals surface area contributed by atoms with E-state index in [4.69, 9.17) is 14.3 Å². The molecule has 3 amide bonds. The number of nitrogens with zero attached hydrogens (tertiary/aromatic N) is 1. The molecule has 2 N–H and O–H groups in total. The molecule has 0 bridgehead atoms. The summed E-state index contributed by atoms with van der Waals surface area (Å²) >= 11 is 0. The van der Waals surface area contributed by atoms with E-state index in [1.54, 1.807) is 27.7 Å². The molecular weight excluding hydrogens is 650 g/mol. The molecule has 3 aromatic carbocycles. The van der Waals surface area contributed by atoms with E-state index in [2.05, 4.69) is 17.2 Å². The van der Waals surface area contributed by atoms with Gasteiger partial charge in [-0.05, 0) is 53.0 Å². The minimum atomic E-state index is -1.36. The number of allylic oxidation sites excluding steroid dienone is 1. The van der Waals surface area contributed by atoms with Gasteiger partial charge in [-0.15, -0.1) is 6.58 Å². The number of nitrogens with one attached hydrogen (secondary N) is 2. The van der Waals surface area contributed by atoms with Crippen LogP contribution < -0.4 is 10.6 Å². The maximum atomic E-state index is 13.9. The Balaban J connectivity index is 1.47. The minimum absolute atomic E-state index is 0.0109. The van der Waals surface area contributed by atoms with Crippen LogP contribution in [0.4, 0.5) is 4.79 Å². The van der Waals surface area contributed by atoms with Crippen LogP contribution in [-0.4, -0.2) is 59.6 Å². The number of carbonyl (C=O) groups excluding carboxylic acids is 5. The van der Waals surface area contributed by atoms with Gasteiger partial charge in [0.2, 0.25) is 5.91 Å². The van der Waals surface area contributed by atoms with Gasteiger partial charge in [0.05, 0.1) is 6.42 Å². The summed E-state index contributed by atoms with van der Waals surface area (Å²) in [7, 11) is 0. The van der Waals surface area contributed by atoms with Crippen molar-refractivity contribution >= 4 is 29.8 Å². The number of benzene rings is 3. The van der Waals surface area contributed by atoms with E-state index in [1.165, 1.54) is 13.0 Å². The first-order valence-corrected chi connectivity index (χ1v) is 17.2. The Morgan fingerprint density at radius 3 is 1.94 bits per heavy atom. The van der Waals surface area contributed by atoms with Crippen molar-refractivity contribution in [2.75, 3.05) is 6.61 Å². The van der Waals surface area contributed by atoms with Crippen LogP contribution in [0.5, 0.6) is 0 Å². The molecule has 0 aromatic heterocycles. The molecule has 0 heterocycles. The fourth-order valence-corrected chi connectivity index (χ4v) is 5.92. The van der Waals surface area contributed by atoms with Gasteiger partial charge in [0.15, 0.2) is 6.04 Å². The predicted octanol–water partition coefficient (Wildman–Crippen LogP) is 6.08. The molecule has 0 unspecified atom stereocenters. The molecule has 270 valence electrons. The fourth-order valence-electron chi connectivity index (χ4n) is 5.92. The smallest absolute Gasteiger partial charge is 0.407 e. The van der Waals surface area contributed by atoms with Crippen LogP contribution in [-0.2, 0) is 40.1 Å². The van der Waals surface area contributed by atoms with Crippen LogP contribution in [0.15, 0.2) is 91.5 Å². The van der Waals surface area contributed by atoms with Gasteiger partial charge in [-0.25, -0.2) is 14.4 Å². The Morgan fingerprint density at radius 1 is 0.784 bits per heavy atom. The number of fused-ring (bicyclic) bond motifs is 3. The van der Waals surface area contributed by atoms with Crippen LogP contribution in [0, 0.1) is 11.8 Å². The summed E-state index contributed by atoms with van der Waals surface area (Å²) in [5.74, 6) is -4.20. The number of hydrogen-bond donors (Lipinski definition) is 2. The monoisotopic (exact) mass is 697 g/mol. The van der Waals surface area contributed by atoms with E-state index in [1.807, 2.05) is 78.9 Å². The zero-order chi connectivity index (χ0) is 37.1. The molecule has 0 aliphatic heterocycles. The summed E-state index contributed by atoms with van der Waals surface area (Å²) in [4.78, 5) is 72.4. The average molecular weight is 698 g/mol. The van der Waals surface area contributed by atoms with Crippen LogP contribution >= 0.6 is 0 Å². The van der Waals surface area contributed by atoms with Crippen molar-refractivity contribution in [3.63, 3.8) is 0 Å². The first-order valence-electron chi connectivity index (χ1n) is 17.2. The molecule has 0 radical (unpaired) electrons. The van der Waals surface area contributed by atoms with Crippen molar-refractivity contribution in [1.82, 2.24) is 15.7 Å². The van der Waals surface area contributed by atoms with Crippen molar-refractivity contribution < 1.29 is 38.3 Å². The second kappa shape index (κ2) is 18.0. The molecule has 0 saturated heterocycles. The lowest BCUT2D eigenvalue weighted by Gasteiger charge is -2.34. The van der Waals surface area contributed by atoms with Crippen LogP contribution in [0.3, 0.4) is 0 Å². The SMILES string of the molecule is C=CCCC(=O)ON(C(=O)[C@H](C)NC(=O)OCC1c2ccccc2-c2ccccc21)[C@@H](C(=O)N[C@H](C(=O)OCc1ccccc1)C(C)C)C(C)C. The Labute approximate surface area is 299 Å². The Morgan fingerprint density at radius 2 is 1.37 bits per heavy atom. The highest BCUT2D eigenvalue weighted by Gasteiger charge is 2.40. The van der Waals surface area contributed by atoms with Crippen LogP contribution in [0.25, 0.3) is 11.1 Å². The molecule has 0 fully saturated rings. The van der Waals surface area contributed by atoms with E-state index in [9.17, 15) is 24.0 Å². The lowest BCUT2D eigenvalue weighted by molar-refractivity contribution is -0.212. The van der Waals surface area contributed by atoms with Crippen molar-refractivity contribution in [1.29, 1.82) is 0 Å².